The van der Waals surface area contributed by atoms with Crippen LogP contribution < -0.4 is 5.32 Å². The van der Waals surface area contributed by atoms with E-state index in [4.69, 9.17) is 4.74 Å². The molecule has 0 unspecified atom stereocenters. The number of carboxylic acid groups (broad SMARTS) is 1. The van der Waals surface area contributed by atoms with Crippen LogP contribution in [0.4, 0.5) is 0 Å². The van der Waals surface area contributed by atoms with E-state index in [-0.39, 0.29) is 24.3 Å². The Morgan fingerprint density at radius 2 is 2.09 bits per heavy atom. The summed E-state index contributed by atoms with van der Waals surface area (Å²) in [7, 11) is 0. The highest BCUT2D eigenvalue weighted by atomic mass is 16.5. The monoisotopic (exact) mass is 311 g/mol. The molecule has 0 radical (unpaired) electrons. The minimum atomic E-state index is -1.03. The molecule has 2 N–H and O–H groups in total. The average molecular weight is 311 g/mol. The third-order valence-corrected chi connectivity index (χ3v) is 4.01. The lowest BCUT2D eigenvalue weighted by Gasteiger charge is -2.35. The van der Waals surface area contributed by atoms with Crippen molar-refractivity contribution in [2.75, 3.05) is 0 Å². The van der Waals surface area contributed by atoms with Crippen molar-refractivity contribution >= 4 is 18.2 Å². The van der Waals surface area contributed by atoms with E-state index in [1.54, 1.807) is 6.08 Å². The van der Waals surface area contributed by atoms with Crippen molar-refractivity contribution in [1.29, 1.82) is 0 Å². The fourth-order valence-corrected chi connectivity index (χ4v) is 2.83. The van der Waals surface area contributed by atoms with Gasteiger partial charge in [0.1, 0.15) is 6.29 Å². The van der Waals surface area contributed by atoms with Gasteiger partial charge in [0.15, 0.2) is 0 Å². The summed E-state index contributed by atoms with van der Waals surface area (Å²) in [6.45, 7) is 5.36. The Kier molecular flexibility index (Phi) is 7.08. The van der Waals surface area contributed by atoms with Gasteiger partial charge < -0.3 is 20.0 Å². The summed E-state index contributed by atoms with van der Waals surface area (Å²) < 4.78 is 5.87. The Balaban J connectivity index is 3.03. The minimum Gasteiger partial charge on any atom is -0.495 e. The first kappa shape index (κ1) is 18.2. The van der Waals surface area contributed by atoms with E-state index in [9.17, 15) is 19.5 Å². The topological polar surface area (TPSA) is 92.7 Å². The van der Waals surface area contributed by atoms with E-state index < -0.39 is 17.9 Å². The summed E-state index contributed by atoms with van der Waals surface area (Å²) in [6, 6.07) is -0.589. The zero-order valence-electron chi connectivity index (χ0n) is 13.4. The molecule has 22 heavy (non-hydrogen) atoms. The van der Waals surface area contributed by atoms with Crippen molar-refractivity contribution in [2.24, 2.45) is 11.8 Å². The standard InChI is InChI=1S/C16H25NO5/c1-4-12(5-2)22-13-8-11(6-7-18)15(17-10(3)19)14(9-13)16(20)21/h7,9,11-12,14-15H,4-6,8H2,1-3H3,(H,17,19)(H,20,21)/t11-,14+,15+/m0/s1. The summed E-state index contributed by atoms with van der Waals surface area (Å²) >= 11 is 0. The second-order valence-electron chi connectivity index (χ2n) is 5.65. The van der Waals surface area contributed by atoms with Gasteiger partial charge in [0.25, 0.3) is 0 Å². The predicted octanol–water partition coefficient (Wildman–Crippen LogP) is 1.89. The van der Waals surface area contributed by atoms with Crippen LogP contribution in [0.3, 0.4) is 0 Å². The molecule has 0 aromatic rings. The number of hydrogen-bond acceptors (Lipinski definition) is 4. The molecule has 0 aliphatic heterocycles. The number of aldehydes is 1. The van der Waals surface area contributed by atoms with Gasteiger partial charge in [0.2, 0.25) is 5.91 Å². The third kappa shape index (κ3) is 4.86. The van der Waals surface area contributed by atoms with Crippen molar-refractivity contribution < 1.29 is 24.2 Å². The fourth-order valence-electron chi connectivity index (χ4n) is 2.83. The Labute approximate surface area is 130 Å². The van der Waals surface area contributed by atoms with Gasteiger partial charge in [0, 0.05) is 25.8 Å². The molecule has 124 valence electrons. The van der Waals surface area contributed by atoms with E-state index in [0.29, 0.717) is 12.2 Å². The highest BCUT2D eigenvalue weighted by Crippen LogP contribution is 2.32. The van der Waals surface area contributed by atoms with Gasteiger partial charge in [-0.05, 0) is 24.8 Å². The molecule has 1 aliphatic rings. The second-order valence-corrected chi connectivity index (χ2v) is 5.65. The number of aliphatic carboxylic acids is 1. The molecule has 1 rings (SSSR count). The number of nitrogens with one attached hydrogen (secondary N) is 1. The molecule has 0 saturated carbocycles. The maximum atomic E-state index is 11.5. The van der Waals surface area contributed by atoms with Gasteiger partial charge in [-0.15, -0.1) is 0 Å². The normalized spacial score (nSPS) is 24.5. The molecule has 0 heterocycles. The molecule has 0 fully saturated rings. The Hall–Kier alpha value is -1.85. The SMILES string of the molecule is CCC(CC)OC1=C[C@@H](C(=O)O)[C@H](NC(C)=O)[C@@H](CC=O)C1. The molecule has 0 spiro atoms. The summed E-state index contributed by atoms with van der Waals surface area (Å²) in [5.74, 6) is -1.87. The van der Waals surface area contributed by atoms with Gasteiger partial charge in [-0.2, -0.15) is 0 Å². The number of hydrogen-bond donors (Lipinski definition) is 2. The lowest BCUT2D eigenvalue weighted by Crippen LogP contribution is -2.49. The van der Waals surface area contributed by atoms with Gasteiger partial charge in [-0.25, -0.2) is 0 Å². The highest BCUT2D eigenvalue weighted by molar-refractivity contribution is 5.77. The molecule has 6 heteroatoms. The van der Waals surface area contributed by atoms with E-state index in [0.717, 1.165) is 19.1 Å². The summed E-state index contributed by atoms with van der Waals surface area (Å²) in [5.41, 5.74) is 0. The molecular formula is C16H25NO5. The molecule has 0 saturated heterocycles. The molecule has 0 bridgehead atoms. The summed E-state index contributed by atoms with van der Waals surface area (Å²) in [4.78, 5) is 33.8. The van der Waals surface area contributed by atoms with Crippen LogP contribution in [0.15, 0.2) is 11.8 Å². The van der Waals surface area contributed by atoms with Crippen molar-refractivity contribution in [3.63, 3.8) is 0 Å². The zero-order valence-corrected chi connectivity index (χ0v) is 13.4. The number of ether oxygens (including phenoxy) is 1. The number of carbonyl (C=O) groups is 3. The highest BCUT2D eigenvalue weighted by Gasteiger charge is 2.38. The van der Waals surface area contributed by atoms with Crippen LogP contribution in [-0.4, -0.2) is 35.4 Å². The largest absolute Gasteiger partial charge is 0.495 e. The maximum Gasteiger partial charge on any atom is 0.312 e. The maximum absolute atomic E-state index is 11.5. The third-order valence-electron chi connectivity index (χ3n) is 4.01. The fraction of sp³-hybridized carbons (Fsp3) is 0.688. The molecule has 0 aromatic heterocycles. The van der Waals surface area contributed by atoms with Crippen LogP contribution in [-0.2, 0) is 19.1 Å². The van der Waals surface area contributed by atoms with Crippen LogP contribution in [0.1, 0.15) is 46.5 Å². The van der Waals surface area contributed by atoms with E-state index in [1.165, 1.54) is 6.92 Å². The lowest BCUT2D eigenvalue weighted by atomic mass is 9.78. The van der Waals surface area contributed by atoms with E-state index >= 15 is 0 Å². The Bertz CT molecular complexity index is 442. The predicted molar refractivity (Wildman–Crippen MR) is 81.1 cm³/mol. The van der Waals surface area contributed by atoms with E-state index in [2.05, 4.69) is 5.32 Å². The minimum absolute atomic E-state index is 0.0369. The van der Waals surface area contributed by atoms with Gasteiger partial charge >= 0.3 is 5.97 Å². The molecule has 6 nitrogen and oxygen atoms in total. The van der Waals surface area contributed by atoms with Gasteiger partial charge in [-0.1, -0.05) is 13.8 Å². The Morgan fingerprint density at radius 3 is 2.55 bits per heavy atom. The van der Waals surface area contributed by atoms with Crippen LogP contribution in [0.25, 0.3) is 0 Å². The summed E-state index contributed by atoms with van der Waals surface area (Å²) in [6.07, 6.45) is 4.69. The zero-order chi connectivity index (χ0) is 16.7. The summed E-state index contributed by atoms with van der Waals surface area (Å²) in [5, 5.41) is 12.1. The first-order chi connectivity index (χ1) is 10.4. The second kappa shape index (κ2) is 8.56. The van der Waals surface area contributed by atoms with Gasteiger partial charge in [-0.3, -0.25) is 9.59 Å². The molecule has 1 amide bonds. The van der Waals surface area contributed by atoms with Crippen molar-refractivity contribution in [2.45, 2.75) is 58.6 Å². The first-order valence-corrected chi connectivity index (χ1v) is 7.73. The first-order valence-electron chi connectivity index (χ1n) is 7.73. The van der Waals surface area contributed by atoms with Crippen LogP contribution >= 0.6 is 0 Å². The number of allylic oxidation sites excluding steroid dienone is 1. The van der Waals surface area contributed by atoms with Crippen molar-refractivity contribution in [3.8, 4) is 0 Å². The van der Waals surface area contributed by atoms with Crippen LogP contribution in [0.2, 0.25) is 0 Å². The number of carbonyl (C=O) groups excluding carboxylic acids is 2. The lowest BCUT2D eigenvalue weighted by molar-refractivity contribution is -0.142. The molecule has 3 atom stereocenters. The molecule has 1 aliphatic carbocycles. The van der Waals surface area contributed by atoms with Crippen molar-refractivity contribution in [1.82, 2.24) is 5.32 Å². The smallest absolute Gasteiger partial charge is 0.312 e. The number of carboxylic acids is 1. The van der Waals surface area contributed by atoms with Gasteiger partial charge in [0.05, 0.1) is 17.8 Å². The quantitative estimate of drug-likeness (QED) is 0.668. The van der Waals surface area contributed by atoms with Crippen LogP contribution in [0, 0.1) is 11.8 Å². The van der Waals surface area contributed by atoms with Crippen LogP contribution in [0.5, 0.6) is 0 Å². The molecular weight excluding hydrogens is 286 g/mol. The Morgan fingerprint density at radius 1 is 1.45 bits per heavy atom. The average Bonchev–Trinajstić information content (AvgIpc) is 2.46. The molecule has 0 aromatic carbocycles. The number of amides is 1. The number of rotatable bonds is 8. The van der Waals surface area contributed by atoms with E-state index in [1.807, 2.05) is 13.8 Å². The van der Waals surface area contributed by atoms with Crippen molar-refractivity contribution in [3.05, 3.63) is 11.8 Å².